The van der Waals surface area contributed by atoms with Crippen LogP contribution in [0.2, 0.25) is 0 Å². The molecule has 0 fully saturated rings. The van der Waals surface area contributed by atoms with Gasteiger partial charge < -0.3 is 10.1 Å². The predicted molar refractivity (Wildman–Crippen MR) is 115 cm³/mol. The molecule has 0 saturated heterocycles. The van der Waals surface area contributed by atoms with Crippen LogP contribution in [0.3, 0.4) is 0 Å². The molecule has 6 nitrogen and oxygen atoms in total. The first kappa shape index (κ1) is 21.5. The molecule has 0 spiro atoms. The topological polar surface area (TPSA) is 85.4 Å². The highest BCUT2D eigenvalue weighted by molar-refractivity contribution is 7.90. The predicted octanol–water partition coefficient (Wildman–Crippen LogP) is 3.77. The van der Waals surface area contributed by atoms with E-state index >= 15 is 0 Å². The average Bonchev–Trinajstić information content (AvgIpc) is 2.77. The summed E-state index contributed by atoms with van der Waals surface area (Å²) in [5.41, 5.74) is 1.74. The van der Waals surface area contributed by atoms with Gasteiger partial charge in [0.15, 0.2) is 9.84 Å². The maximum absolute atomic E-state index is 12.7. The minimum Gasteiger partial charge on any atom is -0.477 e. The van der Waals surface area contributed by atoms with E-state index in [9.17, 15) is 13.2 Å². The second-order valence-corrected chi connectivity index (χ2v) is 8.76. The molecule has 0 radical (unpaired) electrons. The highest BCUT2D eigenvalue weighted by Crippen LogP contribution is 2.19. The number of amides is 1. The summed E-state index contributed by atoms with van der Waals surface area (Å²) in [6.07, 6.45) is 2.49. The largest absolute Gasteiger partial charge is 0.477 e. The van der Waals surface area contributed by atoms with Crippen molar-refractivity contribution in [1.82, 2.24) is 10.3 Å². The number of hydrogen-bond donors (Lipinski definition) is 1. The number of carbonyl (C=O) groups is 1. The molecule has 156 valence electrons. The lowest BCUT2D eigenvalue weighted by atomic mass is 10.2. The molecule has 0 aliphatic rings. The fourth-order valence-electron chi connectivity index (χ4n) is 2.87. The Morgan fingerprint density at radius 2 is 1.83 bits per heavy atom. The number of hydrogen-bond acceptors (Lipinski definition) is 5. The van der Waals surface area contributed by atoms with Crippen LogP contribution in [0.1, 0.15) is 34.8 Å². The van der Waals surface area contributed by atoms with Gasteiger partial charge in [0.25, 0.3) is 5.91 Å². The summed E-state index contributed by atoms with van der Waals surface area (Å²) in [6, 6.07) is 18.6. The number of nitrogens with one attached hydrogen (secondary N) is 1. The number of sulfone groups is 1. The molecule has 0 saturated carbocycles. The van der Waals surface area contributed by atoms with Crippen LogP contribution in [0.4, 0.5) is 0 Å². The molecule has 0 aliphatic carbocycles. The summed E-state index contributed by atoms with van der Waals surface area (Å²) in [7, 11) is -3.56. The Morgan fingerprint density at radius 1 is 1.03 bits per heavy atom. The van der Waals surface area contributed by atoms with Gasteiger partial charge in [-0.1, -0.05) is 49.4 Å². The Kier molecular flexibility index (Phi) is 7.19. The molecule has 30 heavy (non-hydrogen) atoms. The maximum atomic E-state index is 12.7. The first-order chi connectivity index (χ1) is 14.5. The molecule has 0 unspecified atom stereocenters. The van der Waals surface area contributed by atoms with Crippen molar-refractivity contribution >= 4 is 15.7 Å². The lowest BCUT2D eigenvalue weighted by Crippen LogP contribution is -2.23. The standard InChI is InChI=1S/C23H24N2O4S/c1-2-14-29-23-20(11-7-13-24-23)16-25-22(26)19-10-6-12-21(15-19)30(27,28)17-18-8-4-3-5-9-18/h3-13,15H,2,14,16-17H2,1H3,(H,25,26). The van der Waals surface area contributed by atoms with Crippen molar-refractivity contribution < 1.29 is 17.9 Å². The van der Waals surface area contributed by atoms with E-state index in [1.165, 1.54) is 12.1 Å². The molecular weight excluding hydrogens is 400 g/mol. The fraction of sp³-hybridized carbons (Fsp3) is 0.217. The molecule has 0 atom stereocenters. The summed E-state index contributed by atoms with van der Waals surface area (Å²) < 4.78 is 31.1. The van der Waals surface area contributed by atoms with Crippen LogP contribution >= 0.6 is 0 Å². The van der Waals surface area contributed by atoms with Crippen LogP contribution in [-0.4, -0.2) is 25.9 Å². The first-order valence-corrected chi connectivity index (χ1v) is 11.4. The van der Waals surface area contributed by atoms with Gasteiger partial charge in [-0.05, 0) is 36.2 Å². The van der Waals surface area contributed by atoms with Gasteiger partial charge in [0.2, 0.25) is 5.88 Å². The van der Waals surface area contributed by atoms with Crippen LogP contribution in [-0.2, 0) is 22.1 Å². The van der Waals surface area contributed by atoms with Gasteiger partial charge in [0.05, 0.1) is 17.3 Å². The number of nitrogens with zero attached hydrogens (tertiary/aromatic N) is 1. The lowest BCUT2D eigenvalue weighted by molar-refractivity contribution is 0.0950. The quantitative estimate of drug-likeness (QED) is 0.565. The van der Waals surface area contributed by atoms with E-state index in [0.29, 0.717) is 18.1 Å². The summed E-state index contributed by atoms with van der Waals surface area (Å²) >= 11 is 0. The van der Waals surface area contributed by atoms with Gasteiger partial charge in [-0.15, -0.1) is 0 Å². The molecule has 0 bridgehead atoms. The van der Waals surface area contributed by atoms with Crippen molar-refractivity contribution in [2.45, 2.75) is 30.5 Å². The highest BCUT2D eigenvalue weighted by atomic mass is 32.2. The van der Waals surface area contributed by atoms with E-state index in [-0.39, 0.29) is 28.7 Å². The SMILES string of the molecule is CCCOc1ncccc1CNC(=O)c1cccc(S(=O)(=O)Cc2ccccc2)c1. The van der Waals surface area contributed by atoms with Crippen molar-refractivity contribution in [3.63, 3.8) is 0 Å². The van der Waals surface area contributed by atoms with Gasteiger partial charge >= 0.3 is 0 Å². The van der Waals surface area contributed by atoms with E-state index in [4.69, 9.17) is 4.74 Å². The van der Waals surface area contributed by atoms with Crippen LogP contribution in [0.25, 0.3) is 0 Å². The van der Waals surface area contributed by atoms with Crippen molar-refractivity contribution in [3.05, 3.63) is 89.6 Å². The minimum atomic E-state index is -3.56. The van der Waals surface area contributed by atoms with E-state index in [1.54, 1.807) is 48.7 Å². The molecular formula is C23H24N2O4S. The smallest absolute Gasteiger partial charge is 0.251 e. The third-order valence-corrected chi connectivity index (χ3v) is 6.07. The third kappa shape index (κ3) is 5.67. The Labute approximate surface area is 176 Å². The minimum absolute atomic E-state index is 0.118. The van der Waals surface area contributed by atoms with E-state index in [2.05, 4.69) is 10.3 Å². The summed E-state index contributed by atoms with van der Waals surface area (Å²) in [5, 5.41) is 2.81. The van der Waals surface area contributed by atoms with E-state index in [1.807, 2.05) is 19.1 Å². The van der Waals surface area contributed by atoms with Gasteiger partial charge in [-0.2, -0.15) is 0 Å². The van der Waals surface area contributed by atoms with Crippen molar-refractivity contribution in [1.29, 1.82) is 0 Å². The fourth-order valence-corrected chi connectivity index (χ4v) is 4.26. The van der Waals surface area contributed by atoms with Gasteiger partial charge in [0.1, 0.15) is 0 Å². The van der Waals surface area contributed by atoms with Crippen LogP contribution in [0.15, 0.2) is 77.8 Å². The summed E-state index contributed by atoms with van der Waals surface area (Å²) in [6.45, 7) is 2.77. The zero-order valence-electron chi connectivity index (χ0n) is 16.7. The van der Waals surface area contributed by atoms with Crippen molar-refractivity contribution in [3.8, 4) is 5.88 Å². The monoisotopic (exact) mass is 424 g/mol. The summed E-state index contributed by atoms with van der Waals surface area (Å²) in [5.74, 6) is 0.00287. The Hall–Kier alpha value is -3.19. The van der Waals surface area contributed by atoms with Crippen molar-refractivity contribution in [2.24, 2.45) is 0 Å². The Morgan fingerprint density at radius 3 is 2.60 bits per heavy atom. The molecule has 2 aromatic carbocycles. The van der Waals surface area contributed by atoms with E-state index in [0.717, 1.165) is 12.0 Å². The highest BCUT2D eigenvalue weighted by Gasteiger charge is 2.17. The number of aromatic nitrogens is 1. The molecule has 3 rings (SSSR count). The number of benzene rings is 2. The zero-order valence-corrected chi connectivity index (χ0v) is 17.6. The molecule has 1 amide bonds. The number of pyridine rings is 1. The van der Waals surface area contributed by atoms with Crippen LogP contribution < -0.4 is 10.1 Å². The normalized spacial score (nSPS) is 11.1. The molecule has 1 N–H and O–H groups in total. The molecule has 0 aliphatic heterocycles. The molecule has 7 heteroatoms. The summed E-state index contributed by atoms with van der Waals surface area (Å²) in [4.78, 5) is 16.9. The second kappa shape index (κ2) is 10.0. The van der Waals surface area contributed by atoms with E-state index < -0.39 is 9.84 Å². The number of rotatable bonds is 9. The Balaban J connectivity index is 1.71. The lowest BCUT2D eigenvalue weighted by Gasteiger charge is -2.11. The number of ether oxygens (including phenoxy) is 1. The van der Waals surface area contributed by atoms with Crippen LogP contribution in [0.5, 0.6) is 5.88 Å². The second-order valence-electron chi connectivity index (χ2n) is 6.77. The molecule has 1 heterocycles. The van der Waals surface area contributed by atoms with Gasteiger partial charge in [-0.25, -0.2) is 13.4 Å². The number of carbonyl (C=O) groups excluding carboxylic acids is 1. The zero-order chi connectivity index (χ0) is 21.4. The van der Waals surface area contributed by atoms with Gasteiger partial charge in [-0.3, -0.25) is 4.79 Å². The molecule has 3 aromatic rings. The van der Waals surface area contributed by atoms with Crippen LogP contribution in [0, 0.1) is 0 Å². The van der Waals surface area contributed by atoms with Gasteiger partial charge in [0, 0.05) is 23.9 Å². The first-order valence-electron chi connectivity index (χ1n) is 9.71. The third-order valence-electron chi connectivity index (χ3n) is 4.39. The average molecular weight is 425 g/mol. The maximum Gasteiger partial charge on any atom is 0.251 e. The Bertz CT molecular complexity index is 1100. The molecule has 1 aromatic heterocycles. The van der Waals surface area contributed by atoms with Crippen molar-refractivity contribution in [2.75, 3.05) is 6.61 Å².